The molecule has 0 amide bonds. The first-order chi connectivity index (χ1) is 12.6. The van der Waals surface area contributed by atoms with Crippen LogP contribution in [0.25, 0.3) is 0 Å². The molecule has 0 aromatic rings. The number of carbonyl (C=O) groups excluding carboxylic acids is 4. The molecule has 176 valence electrons. The third-order valence-corrected chi connectivity index (χ3v) is 1.36. The first-order valence-electron chi connectivity index (χ1n) is 6.83. The third-order valence-electron chi connectivity index (χ3n) is 1.36. The van der Waals surface area contributed by atoms with E-state index in [-0.39, 0.29) is 75.5 Å². The Balaban J connectivity index is -0.0000000458. The molecule has 4 atom stereocenters. The zero-order valence-electron chi connectivity index (χ0n) is 16.9. The van der Waals surface area contributed by atoms with Gasteiger partial charge in [-0.1, -0.05) is 0 Å². The standard InChI is InChI=1S/4C3H6O3.2Ca.H2O4S/c4*1-2(4)3(5)6;;;1-5(2,3)4/h4*2,4H,1H3,(H,5,6);;;(H2,1,2,3,4)/q;;;;2*+2;/p-4. The first kappa shape index (κ1) is 48.5. The van der Waals surface area contributed by atoms with Crippen molar-refractivity contribution in [2.24, 2.45) is 0 Å². The summed E-state index contributed by atoms with van der Waals surface area (Å²) < 4.78 is 31.6. The van der Waals surface area contributed by atoms with Gasteiger partial charge < -0.3 is 60.0 Å². The fraction of sp³-hybridized carbons (Fsp3) is 0.667. The summed E-state index contributed by atoms with van der Waals surface area (Å²) in [5.74, 6) is -5.74. The summed E-state index contributed by atoms with van der Waals surface area (Å²) >= 11 is 0. The van der Waals surface area contributed by atoms with E-state index in [0.717, 1.165) is 27.7 Å². The Morgan fingerprint density at radius 1 is 0.548 bits per heavy atom. The maximum absolute atomic E-state index is 9.34. The molecule has 0 rings (SSSR count). The largest absolute Gasteiger partial charge is 2.00 e. The van der Waals surface area contributed by atoms with Gasteiger partial charge in [0.1, 0.15) is 0 Å². The number of carbonyl (C=O) groups is 4. The van der Waals surface area contributed by atoms with Crippen LogP contribution in [0.15, 0.2) is 0 Å². The average Bonchev–Trinajstić information content (AvgIpc) is 2.46. The number of carboxylic acid groups (broad SMARTS) is 4. The van der Waals surface area contributed by atoms with Gasteiger partial charge in [-0.2, -0.15) is 8.42 Å². The number of hydrogen-bond acceptors (Lipinski definition) is 14. The van der Waals surface area contributed by atoms with Crippen molar-refractivity contribution < 1.29 is 77.6 Å². The van der Waals surface area contributed by atoms with Gasteiger partial charge in [0.05, 0.1) is 48.3 Å². The van der Waals surface area contributed by atoms with Gasteiger partial charge in [-0.25, -0.2) is 0 Å². The van der Waals surface area contributed by atoms with Gasteiger partial charge >= 0.3 is 85.9 Å². The molecule has 0 saturated heterocycles. The molecular formula is C12H22Ca2O16S. The summed E-state index contributed by atoms with van der Waals surface area (Å²) in [6.45, 7) is 4.54. The normalized spacial score (nSPS) is 12.5. The van der Waals surface area contributed by atoms with E-state index in [1.165, 1.54) is 0 Å². The molecule has 0 saturated carbocycles. The van der Waals surface area contributed by atoms with E-state index >= 15 is 0 Å². The second kappa shape index (κ2) is 28.1. The van der Waals surface area contributed by atoms with Crippen LogP contribution in [0.4, 0.5) is 0 Å². The minimum Gasteiger partial charge on any atom is -0.547 e. The predicted molar refractivity (Wildman–Crippen MR) is 92.4 cm³/mol. The third kappa shape index (κ3) is 91.7. The van der Waals surface area contributed by atoms with E-state index in [9.17, 15) is 39.6 Å². The van der Waals surface area contributed by atoms with Crippen molar-refractivity contribution in [3.8, 4) is 0 Å². The monoisotopic (exact) mass is 534 g/mol. The van der Waals surface area contributed by atoms with E-state index in [1.807, 2.05) is 0 Å². The molecule has 16 nitrogen and oxygen atoms in total. The summed E-state index contributed by atoms with van der Waals surface area (Å²) in [6.07, 6.45) is -5.37. The molecule has 0 bridgehead atoms. The minimum absolute atomic E-state index is 0. The molecule has 0 fully saturated rings. The van der Waals surface area contributed by atoms with Crippen LogP contribution in [-0.2, 0) is 29.6 Å². The Kier molecular flexibility index (Phi) is 44.0. The van der Waals surface area contributed by atoms with Crippen molar-refractivity contribution in [3.63, 3.8) is 0 Å². The molecule has 0 aliphatic heterocycles. The Bertz CT molecular complexity index is 493. The first-order valence-corrected chi connectivity index (χ1v) is 8.23. The fourth-order valence-electron chi connectivity index (χ4n) is 0. The van der Waals surface area contributed by atoms with Gasteiger partial charge in [0.15, 0.2) is 0 Å². The summed E-state index contributed by atoms with van der Waals surface area (Å²) in [7, 11) is -4.67. The molecule has 4 unspecified atom stereocenters. The molecule has 31 heavy (non-hydrogen) atoms. The molecular weight excluding hydrogens is 512 g/mol. The number of aliphatic hydroxyl groups excluding tert-OH is 4. The zero-order chi connectivity index (χ0) is 25.1. The Morgan fingerprint density at radius 2 is 0.581 bits per heavy atom. The van der Waals surface area contributed by atoms with Gasteiger partial charge in [-0.15, -0.1) is 0 Å². The summed E-state index contributed by atoms with van der Waals surface area (Å²) in [6, 6.07) is 0. The van der Waals surface area contributed by atoms with Gasteiger partial charge in [-0.05, 0) is 27.7 Å². The Hall–Kier alpha value is 0.109. The molecule has 0 radical (unpaired) electrons. The second-order valence-electron chi connectivity index (χ2n) is 4.43. The molecule has 19 heteroatoms. The summed E-state index contributed by atoms with van der Waals surface area (Å²) in [5, 5.41) is 69.2. The van der Waals surface area contributed by atoms with Crippen LogP contribution in [0.2, 0.25) is 0 Å². The van der Waals surface area contributed by atoms with Gasteiger partial charge in [0.25, 0.3) is 0 Å². The zero-order valence-corrected chi connectivity index (χ0v) is 22.1. The van der Waals surface area contributed by atoms with Crippen LogP contribution in [0, 0.1) is 0 Å². The number of rotatable bonds is 4. The quantitative estimate of drug-likeness (QED) is 0.144. The van der Waals surface area contributed by atoms with Gasteiger partial charge in [0.2, 0.25) is 0 Å². The van der Waals surface area contributed by atoms with E-state index in [2.05, 4.69) is 0 Å². The molecule has 0 aromatic heterocycles. The van der Waals surface area contributed by atoms with Crippen molar-refractivity contribution in [1.29, 1.82) is 0 Å². The van der Waals surface area contributed by atoms with E-state index in [0.29, 0.717) is 0 Å². The second-order valence-corrected chi connectivity index (χ2v) is 5.32. The van der Waals surface area contributed by atoms with Crippen LogP contribution in [-0.4, -0.2) is 162 Å². The van der Waals surface area contributed by atoms with Crippen LogP contribution >= 0.6 is 0 Å². The number of carboxylic acids is 4. The number of aliphatic hydroxyl groups is 4. The Labute approximate surface area is 237 Å². The maximum Gasteiger partial charge on any atom is 2.00 e. The molecule has 0 aliphatic carbocycles. The molecule has 6 N–H and O–H groups in total. The maximum atomic E-state index is 9.34. The minimum atomic E-state index is -4.67. The van der Waals surface area contributed by atoms with Crippen LogP contribution < -0.4 is 20.4 Å². The topological polar surface area (TPSA) is 316 Å². The fourth-order valence-corrected chi connectivity index (χ4v) is 0. The molecule has 0 aromatic carbocycles. The average molecular weight is 535 g/mol. The summed E-state index contributed by atoms with van der Waals surface area (Å²) in [4.78, 5) is 37.4. The van der Waals surface area contributed by atoms with E-state index in [1.54, 1.807) is 0 Å². The predicted octanol–water partition coefficient (Wildman–Crippen LogP) is -8.95. The van der Waals surface area contributed by atoms with Crippen molar-refractivity contribution in [2.75, 3.05) is 0 Å². The smallest absolute Gasteiger partial charge is 0.547 e. The number of hydrogen-bond donors (Lipinski definition) is 6. The Morgan fingerprint density at radius 3 is 0.581 bits per heavy atom. The van der Waals surface area contributed by atoms with Gasteiger partial charge in [-0.3, -0.25) is 9.11 Å². The SMILES string of the molecule is CC(O)C(=O)[O-].CC(O)C(=O)[O-].CC(O)C(=O)[O-].CC(O)C(=O)[O-].O=S(=O)(O)O.[Ca+2].[Ca+2]. The molecule has 0 aliphatic rings. The van der Waals surface area contributed by atoms with Crippen LogP contribution in [0.3, 0.4) is 0 Å². The van der Waals surface area contributed by atoms with Crippen molar-refractivity contribution in [3.05, 3.63) is 0 Å². The van der Waals surface area contributed by atoms with Crippen molar-refractivity contribution in [2.45, 2.75) is 52.1 Å². The van der Waals surface area contributed by atoms with E-state index in [4.69, 9.17) is 37.9 Å². The van der Waals surface area contributed by atoms with Crippen molar-refractivity contribution in [1.82, 2.24) is 0 Å². The number of aliphatic carboxylic acids is 4. The summed E-state index contributed by atoms with van der Waals surface area (Å²) in [5.41, 5.74) is 0. The van der Waals surface area contributed by atoms with Gasteiger partial charge in [0, 0.05) is 0 Å². The van der Waals surface area contributed by atoms with E-state index < -0.39 is 58.7 Å². The van der Waals surface area contributed by atoms with Crippen LogP contribution in [0.5, 0.6) is 0 Å². The molecule has 0 heterocycles. The van der Waals surface area contributed by atoms with Crippen LogP contribution in [0.1, 0.15) is 27.7 Å². The van der Waals surface area contributed by atoms with Crippen molar-refractivity contribution >= 4 is 110 Å². The molecule has 0 spiro atoms.